The molecular formula is C23H26N3O4P. The van der Waals surface area contributed by atoms with Crippen molar-refractivity contribution in [1.29, 1.82) is 0 Å². The quantitative estimate of drug-likeness (QED) is 0.270. The van der Waals surface area contributed by atoms with Gasteiger partial charge in [0.1, 0.15) is 25.4 Å². The van der Waals surface area contributed by atoms with E-state index >= 15 is 0 Å². The van der Waals surface area contributed by atoms with Crippen LogP contribution < -0.4 is 14.1 Å². The van der Waals surface area contributed by atoms with Crippen LogP contribution in [0.1, 0.15) is 11.1 Å². The van der Waals surface area contributed by atoms with Crippen molar-refractivity contribution < 1.29 is 18.9 Å². The lowest BCUT2D eigenvalue weighted by molar-refractivity contribution is 0.132. The molecule has 0 spiro atoms. The molecule has 0 aliphatic rings. The molecule has 1 aromatic heterocycles. The summed E-state index contributed by atoms with van der Waals surface area (Å²) in [5.74, 6) is 4.60. The Kier molecular flexibility index (Phi) is 8.02. The zero-order valence-corrected chi connectivity index (χ0v) is 19.1. The standard InChI is InChI=1S/C23H26N3O4P/c1-5-17-7-6-8-20(16(17)2)26(31)23-18-13-21(29-11-9-27-3)22(30-12-10-28-4)14-19(18)24-15-25-23/h1,6-8,13-15H,9-12,31H2,2-4H3. The molecule has 0 aliphatic carbocycles. The predicted molar refractivity (Wildman–Crippen MR) is 125 cm³/mol. The van der Waals surface area contributed by atoms with Crippen LogP contribution in [-0.4, -0.2) is 50.6 Å². The number of benzene rings is 2. The van der Waals surface area contributed by atoms with E-state index in [4.69, 9.17) is 25.4 Å². The van der Waals surface area contributed by atoms with E-state index in [1.165, 1.54) is 6.33 Å². The maximum absolute atomic E-state index is 5.92. The Bertz CT molecular complexity index is 1080. The van der Waals surface area contributed by atoms with Gasteiger partial charge in [0.05, 0.1) is 18.7 Å². The first-order valence-electron chi connectivity index (χ1n) is 9.74. The molecule has 2 aromatic carbocycles. The zero-order valence-electron chi connectivity index (χ0n) is 17.9. The fourth-order valence-corrected chi connectivity index (χ4v) is 3.58. The monoisotopic (exact) mass is 439 g/mol. The molecule has 0 radical (unpaired) electrons. The zero-order chi connectivity index (χ0) is 22.2. The molecule has 0 aliphatic heterocycles. The van der Waals surface area contributed by atoms with E-state index in [0.717, 1.165) is 27.7 Å². The third-order valence-corrected chi connectivity index (χ3v) is 5.24. The van der Waals surface area contributed by atoms with Gasteiger partial charge < -0.3 is 23.6 Å². The first-order chi connectivity index (χ1) is 15.1. The topological polar surface area (TPSA) is 65.9 Å². The molecule has 8 heteroatoms. The van der Waals surface area contributed by atoms with E-state index in [1.54, 1.807) is 14.2 Å². The Morgan fingerprint density at radius 3 is 2.32 bits per heavy atom. The van der Waals surface area contributed by atoms with Crippen LogP contribution >= 0.6 is 9.39 Å². The first kappa shape index (κ1) is 22.8. The Morgan fingerprint density at radius 2 is 1.68 bits per heavy atom. The Hall–Kier alpha value is -2.91. The van der Waals surface area contributed by atoms with Crippen LogP contribution in [0.2, 0.25) is 0 Å². The molecule has 31 heavy (non-hydrogen) atoms. The van der Waals surface area contributed by atoms with Gasteiger partial charge in [0, 0.05) is 36.9 Å². The Morgan fingerprint density at radius 1 is 1.00 bits per heavy atom. The van der Waals surface area contributed by atoms with E-state index in [1.807, 2.05) is 41.9 Å². The summed E-state index contributed by atoms with van der Waals surface area (Å²) in [5, 5.41) is 0.814. The van der Waals surface area contributed by atoms with E-state index in [-0.39, 0.29) is 0 Å². The van der Waals surface area contributed by atoms with Gasteiger partial charge in [0.2, 0.25) is 0 Å². The number of rotatable bonds is 10. The van der Waals surface area contributed by atoms with Crippen LogP contribution in [-0.2, 0) is 9.47 Å². The number of hydrogen-bond acceptors (Lipinski definition) is 7. The minimum Gasteiger partial charge on any atom is -0.487 e. The average molecular weight is 439 g/mol. The van der Waals surface area contributed by atoms with E-state index in [2.05, 4.69) is 25.3 Å². The molecule has 3 aromatic rings. The van der Waals surface area contributed by atoms with Crippen molar-refractivity contribution in [3.63, 3.8) is 0 Å². The highest BCUT2D eigenvalue weighted by Gasteiger charge is 2.17. The van der Waals surface area contributed by atoms with Crippen molar-refractivity contribution in [2.24, 2.45) is 0 Å². The summed E-state index contributed by atoms with van der Waals surface area (Å²) in [4.78, 5) is 8.95. The number of ether oxygens (including phenoxy) is 4. The second-order valence-electron chi connectivity index (χ2n) is 6.66. The summed E-state index contributed by atoms with van der Waals surface area (Å²) in [7, 11) is 5.97. The predicted octanol–water partition coefficient (Wildman–Crippen LogP) is 3.90. The number of nitrogens with zero attached hydrogens (tertiary/aromatic N) is 3. The van der Waals surface area contributed by atoms with Crippen molar-refractivity contribution in [3.05, 3.63) is 47.8 Å². The molecule has 3 rings (SSSR count). The molecule has 0 saturated heterocycles. The summed E-state index contributed by atoms with van der Waals surface area (Å²) < 4.78 is 23.9. The molecule has 0 fully saturated rings. The van der Waals surface area contributed by atoms with Gasteiger partial charge >= 0.3 is 0 Å². The van der Waals surface area contributed by atoms with E-state index < -0.39 is 0 Å². The second kappa shape index (κ2) is 10.9. The molecule has 0 N–H and O–H groups in total. The number of aromatic nitrogens is 2. The maximum atomic E-state index is 5.92. The van der Waals surface area contributed by atoms with Crippen molar-refractivity contribution >= 4 is 31.8 Å². The van der Waals surface area contributed by atoms with Gasteiger partial charge in [0.15, 0.2) is 11.5 Å². The Labute approximate surface area is 184 Å². The van der Waals surface area contributed by atoms with Crippen LogP contribution in [0.15, 0.2) is 36.7 Å². The minimum atomic E-state index is 0.388. The van der Waals surface area contributed by atoms with Crippen LogP contribution in [0.3, 0.4) is 0 Å². The number of fused-ring (bicyclic) bond motifs is 1. The number of terminal acetylenes is 1. The number of hydrogen-bond donors (Lipinski definition) is 0. The van der Waals surface area contributed by atoms with Crippen LogP contribution in [0.25, 0.3) is 10.9 Å². The summed E-state index contributed by atoms with van der Waals surface area (Å²) in [5.41, 5.74) is 3.49. The van der Waals surface area contributed by atoms with Gasteiger partial charge in [-0.05, 0) is 40.1 Å². The van der Waals surface area contributed by atoms with Gasteiger partial charge in [-0.1, -0.05) is 12.0 Å². The molecule has 0 amide bonds. The largest absolute Gasteiger partial charge is 0.487 e. The SMILES string of the molecule is C#Cc1cccc(N(P)c2ncnc3cc(OCCOC)c(OCCOC)cc23)c1C. The molecule has 7 nitrogen and oxygen atoms in total. The molecule has 0 saturated carbocycles. The van der Waals surface area contributed by atoms with E-state index in [0.29, 0.717) is 43.7 Å². The summed E-state index contributed by atoms with van der Waals surface area (Å²) in [6.45, 7) is 3.70. The van der Waals surface area contributed by atoms with Crippen LogP contribution in [0, 0.1) is 19.3 Å². The fraction of sp³-hybridized carbons (Fsp3) is 0.304. The molecule has 162 valence electrons. The minimum absolute atomic E-state index is 0.388. The van der Waals surface area contributed by atoms with Gasteiger partial charge in [-0.15, -0.1) is 6.42 Å². The molecule has 1 heterocycles. The highest BCUT2D eigenvalue weighted by atomic mass is 31.0. The number of anilines is 2. The molecule has 1 unspecified atom stereocenters. The van der Waals surface area contributed by atoms with Gasteiger partial charge in [-0.3, -0.25) is 0 Å². The van der Waals surface area contributed by atoms with Crippen molar-refractivity contribution in [2.75, 3.05) is 45.3 Å². The average Bonchev–Trinajstić information content (AvgIpc) is 2.79. The van der Waals surface area contributed by atoms with Crippen molar-refractivity contribution in [1.82, 2.24) is 9.97 Å². The Balaban J connectivity index is 2.06. The summed E-state index contributed by atoms with van der Waals surface area (Å²) >= 11 is 0. The van der Waals surface area contributed by atoms with Gasteiger partial charge in [0.25, 0.3) is 0 Å². The van der Waals surface area contributed by atoms with E-state index in [9.17, 15) is 0 Å². The van der Waals surface area contributed by atoms with Crippen LogP contribution in [0.5, 0.6) is 11.5 Å². The summed E-state index contributed by atoms with van der Waals surface area (Å²) in [6, 6.07) is 9.58. The van der Waals surface area contributed by atoms with Gasteiger partial charge in [-0.25, -0.2) is 9.97 Å². The molecule has 1 atom stereocenters. The third-order valence-electron chi connectivity index (χ3n) is 4.72. The normalized spacial score (nSPS) is 10.7. The third kappa shape index (κ3) is 5.23. The second-order valence-corrected chi connectivity index (χ2v) is 7.18. The van der Waals surface area contributed by atoms with Crippen LogP contribution in [0.4, 0.5) is 11.5 Å². The lowest BCUT2D eigenvalue weighted by atomic mass is 10.1. The highest BCUT2D eigenvalue weighted by molar-refractivity contribution is 7.20. The lowest BCUT2D eigenvalue weighted by Crippen LogP contribution is -2.10. The summed E-state index contributed by atoms with van der Waals surface area (Å²) in [6.07, 6.45) is 7.17. The number of methoxy groups -OCH3 is 2. The first-order valence-corrected chi connectivity index (χ1v) is 10.3. The fourth-order valence-electron chi connectivity index (χ4n) is 3.09. The van der Waals surface area contributed by atoms with Crippen molar-refractivity contribution in [2.45, 2.75) is 6.92 Å². The maximum Gasteiger partial charge on any atom is 0.163 e. The molecular weight excluding hydrogens is 413 g/mol. The highest BCUT2D eigenvalue weighted by Crippen LogP contribution is 2.39. The smallest absolute Gasteiger partial charge is 0.163 e. The van der Waals surface area contributed by atoms with Gasteiger partial charge in [-0.2, -0.15) is 0 Å². The molecule has 0 bridgehead atoms. The van der Waals surface area contributed by atoms with Crippen molar-refractivity contribution in [3.8, 4) is 23.8 Å². The lowest BCUT2D eigenvalue weighted by Gasteiger charge is -2.22.